The number of hydrogen-bond acceptors (Lipinski definition) is 7. The van der Waals surface area contributed by atoms with Crippen molar-refractivity contribution in [2.24, 2.45) is 0 Å². The fraction of sp³-hybridized carbons (Fsp3) is 0.167. The number of nitriles is 1. The number of benzene rings is 1. The van der Waals surface area contributed by atoms with Crippen molar-refractivity contribution in [3.05, 3.63) is 54.6 Å². The monoisotopic (exact) mass is 375 g/mol. The van der Waals surface area contributed by atoms with Gasteiger partial charge in [-0.3, -0.25) is 0 Å². The van der Waals surface area contributed by atoms with Crippen molar-refractivity contribution in [2.45, 2.75) is 18.9 Å². The lowest BCUT2D eigenvalue weighted by atomic mass is 10.2. The van der Waals surface area contributed by atoms with E-state index in [9.17, 15) is 9.65 Å². The Morgan fingerprint density at radius 3 is 2.89 bits per heavy atom. The lowest BCUT2D eigenvalue weighted by Crippen LogP contribution is -2.08. The molecule has 0 spiro atoms. The molecule has 138 valence electrons. The predicted octanol–water partition coefficient (Wildman–Crippen LogP) is 2.64. The highest BCUT2D eigenvalue weighted by Crippen LogP contribution is 2.29. The first kappa shape index (κ1) is 16.2. The maximum Gasteiger partial charge on any atom is 0.178 e. The molecule has 28 heavy (non-hydrogen) atoms. The fourth-order valence-electron chi connectivity index (χ4n) is 2.91. The molecular weight excluding hydrogens is 361 g/mol. The Kier molecular flexibility index (Phi) is 3.65. The first-order chi connectivity index (χ1) is 13.7. The van der Waals surface area contributed by atoms with E-state index in [1.165, 1.54) is 34.1 Å². The minimum atomic E-state index is -0.420. The van der Waals surface area contributed by atoms with Gasteiger partial charge < -0.3 is 10.6 Å². The average molecular weight is 375 g/mol. The van der Waals surface area contributed by atoms with Gasteiger partial charge in [0.15, 0.2) is 17.2 Å². The summed E-state index contributed by atoms with van der Waals surface area (Å²) in [7, 11) is 0. The van der Waals surface area contributed by atoms with Crippen LogP contribution in [0, 0.1) is 17.1 Å². The second-order valence-electron chi connectivity index (χ2n) is 6.48. The van der Waals surface area contributed by atoms with Crippen LogP contribution in [-0.2, 0) is 0 Å². The van der Waals surface area contributed by atoms with Gasteiger partial charge in [-0.25, -0.2) is 19.0 Å². The third kappa shape index (κ3) is 2.88. The maximum absolute atomic E-state index is 14.2. The van der Waals surface area contributed by atoms with Gasteiger partial charge in [0, 0.05) is 17.8 Å². The van der Waals surface area contributed by atoms with E-state index in [1.54, 1.807) is 12.1 Å². The molecule has 4 aromatic rings. The number of hydrogen-bond donors (Lipinski definition) is 2. The molecule has 1 saturated carbocycles. The van der Waals surface area contributed by atoms with Gasteiger partial charge in [-0.2, -0.15) is 14.9 Å². The number of rotatable bonds is 5. The molecule has 0 aliphatic heterocycles. The summed E-state index contributed by atoms with van der Waals surface area (Å²) >= 11 is 0. The SMILES string of the molecule is N#Cc1cnc2c(NC3CC3)cc(Nc3ccc(F)c(-n4cncn4)c3)nn12. The fourth-order valence-corrected chi connectivity index (χ4v) is 2.91. The molecule has 5 rings (SSSR count). The summed E-state index contributed by atoms with van der Waals surface area (Å²) in [4.78, 5) is 8.15. The molecule has 9 nitrogen and oxygen atoms in total. The zero-order chi connectivity index (χ0) is 19.1. The molecule has 1 aliphatic carbocycles. The molecule has 0 amide bonds. The molecule has 1 aliphatic rings. The Morgan fingerprint density at radius 2 is 2.14 bits per heavy atom. The quantitative estimate of drug-likeness (QED) is 0.552. The summed E-state index contributed by atoms with van der Waals surface area (Å²) in [5.74, 6) is 0.0817. The van der Waals surface area contributed by atoms with Gasteiger partial charge in [0.1, 0.15) is 30.2 Å². The van der Waals surface area contributed by atoms with E-state index in [1.807, 2.05) is 6.07 Å². The smallest absolute Gasteiger partial charge is 0.178 e. The highest BCUT2D eigenvalue weighted by Gasteiger charge is 2.23. The van der Waals surface area contributed by atoms with Crippen LogP contribution in [-0.4, -0.2) is 35.4 Å². The van der Waals surface area contributed by atoms with E-state index in [0.717, 1.165) is 18.5 Å². The Hall–Kier alpha value is -4.00. The molecule has 3 heterocycles. The minimum absolute atomic E-state index is 0.264. The maximum atomic E-state index is 14.2. The predicted molar refractivity (Wildman–Crippen MR) is 98.9 cm³/mol. The van der Waals surface area contributed by atoms with Crippen molar-refractivity contribution >= 4 is 22.8 Å². The van der Waals surface area contributed by atoms with E-state index in [2.05, 4.69) is 36.9 Å². The van der Waals surface area contributed by atoms with E-state index >= 15 is 0 Å². The van der Waals surface area contributed by atoms with E-state index in [0.29, 0.717) is 28.9 Å². The number of aromatic nitrogens is 6. The zero-order valence-electron chi connectivity index (χ0n) is 14.5. The third-order valence-electron chi connectivity index (χ3n) is 4.40. The van der Waals surface area contributed by atoms with Gasteiger partial charge in [-0.15, -0.1) is 5.10 Å². The topological polar surface area (TPSA) is 109 Å². The first-order valence-corrected chi connectivity index (χ1v) is 8.68. The second kappa shape index (κ2) is 6.31. The lowest BCUT2D eigenvalue weighted by Gasteiger charge is -2.12. The Bertz CT molecular complexity index is 1200. The molecule has 3 aromatic heterocycles. The lowest BCUT2D eigenvalue weighted by molar-refractivity contribution is 0.611. The van der Waals surface area contributed by atoms with Crippen molar-refractivity contribution < 1.29 is 4.39 Å². The molecule has 0 saturated heterocycles. The third-order valence-corrected chi connectivity index (χ3v) is 4.40. The Labute approximate surface area is 158 Å². The standard InChI is InChI=1S/C18H14FN9/c19-14-4-3-12(5-16(14)27-10-21-9-23-27)25-17-6-15(24-11-1-2-11)18-22-8-13(7-20)28(18)26-17/h3-6,8-11,24H,1-2H2,(H,25,26). The number of nitrogens with zero attached hydrogens (tertiary/aromatic N) is 7. The van der Waals surface area contributed by atoms with Crippen LogP contribution in [0.5, 0.6) is 0 Å². The molecule has 1 fully saturated rings. The van der Waals surface area contributed by atoms with Gasteiger partial charge in [-0.05, 0) is 31.0 Å². The summed E-state index contributed by atoms with van der Waals surface area (Å²) in [6, 6.07) is 8.89. The van der Waals surface area contributed by atoms with Gasteiger partial charge in [0.25, 0.3) is 0 Å². The van der Waals surface area contributed by atoms with Crippen molar-refractivity contribution in [2.75, 3.05) is 10.6 Å². The highest BCUT2D eigenvalue weighted by atomic mass is 19.1. The second-order valence-corrected chi connectivity index (χ2v) is 6.48. The van der Waals surface area contributed by atoms with Gasteiger partial charge in [0.2, 0.25) is 0 Å². The molecule has 0 radical (unpaired) electrons. The summed E-state index contributed by atoms with van der Waals surface area (Å²) in [6.07, 6.45) is 6.46. The van der Waals surface area contributed by atoms with Crippen molar-refractivity contribution in [3.8, 4) is 11.8 Å². The number of imidazole rings is 1. The normalized spacial score (nSPS) is 13.4. The van der Waals surface area contributed by atoms with Gasteiger partial charge in [0.05, 0.1) is 11.9 Å². The van der Waals surface area contributed by atoms with Crippen LogP contribution >= 0.6 is 0 Å². The van der Waals surface area contributed by atoms with Gasteiger partial charge in [-0.1, -0.05) is 0 Å². The van der Waals surface area contributed by atoms with E-state index < -0.39 is 5.82 Å². The average Bonchev–Trinajstić information content (AvgIpc) is 3.18. The zero-order valence-corrected chi connectivity index (χ0v) is 14.5. The molecule has 1 aromatic carbocycles. The molecule has 2 N–H and O–H groups in total. The minimum Gasteiger partial charge on any atom is -0.379 e. The summed E-state index contributed by atoms with van der Waals surface area (Å²) < 4.78 is 17.0. The molecule has 0 bridgehead atoms. The van der Waals surface area contributed by atoms with Crippen LogP contribution < -0.4 is 10.6 Å². The number of anilines is 3. The summed E-state index contributed by atoms with van der Waals surface area (Å²) in [6.45, 7) is 0. The van der Waals surface area contributed by atoms with E-state index in [4.69, 9.17) is 0 Å². The van der Waals surface area contributed by atoms with Crippen LogP contribution in [0.15, 0.2) is 43.1 Å². The molecule has 10 heteroatoms. The van der Waals surface area contributed by atoms with Crippen molar-refractivity contribution in [3.63, 3.8) is 0 Å². The van der Waals surface area contributed by atoms with Crippen LogP contribution in [0.2, 0.25) is 0 Å². The number of halogens is 1. The van der Waals surface area contributed by atoms with Crippen LogP contribution in [0.3, 0.4) is 0 Å². The summed E-state index contributed by atoms with van der Waals surface area (Å²) in [5, 5.41) is 24.3. The van der Waals surface area contributed by atoms with Crippen LogP contribution in [0.25, 0.3) is 11.3 Å². The van der Waals surface area contributed by atoms with Crippen molar-refractivity contribution in [1.29, 1.82) is 5.26 Å². The molecule has 0 unspecified atom stereocenters. The first-order valence-electron chi connectivity index (χ1n) is 8.68. The number of fused-ring (bicyclic) bond motifs is 1. The Morgan fingerprint density at radius 1 is 1.25 bits per heavy atom. The Balaban J connectivity index is 1.54. The van der Waals surface area contributed by atoms with Crippen LogP contribution in [0.1, 0.15) is 18.5 Å². The van der Waals surface area contributed by atoms with Crippen molar-refractivity contribution in [1.82, 2.24) is 29.4 Å². The van der Waals surface area contributed by atoms with E-state index in [-0.39, 0.29) is 5.69 Å². The largest absolute Gasteiger partial charge is 0.379 e. The highest BCUT2D eigenvalue weighted by molar-refractivity contribution is 5.73. The molecular formula is C18H14FN9. The summed E-state index contributed by atoms with van der Waals surface area (Å²) in [5.41, 5.74) is 2.60. The number of nitrogens with one attached hydrogen (secondary N) is 2. The van der Waals surface area contributed by atoms with Crippen LogP contribution in [0.4, 0.5) is 21.6 Å². The molecule has 0 atom stereocenters. The van der Waals surface area contributed by atoms with Gasteiger partial charge >= 0.3 is 0 Å².